The summed E-state index contributed by atoms with van der Waals surface area (Å²) in [5.74, 6) is 0.294. The smallest absolute Gasteiger partial charge is 0.269 e. The van der Waals surface area contributed by atoms with E-state index in [4.69, 9.17) is 17.3 Å². The van der Waals surface area contributed by atoms with Crippen LogP contribution < -0.4 is 11.3 Å². The van der Waals surface area contributed by atoms with Crippen molar-refractivity contribution in [2.45, 2.75) is 0 Å². The molecule has 6 nitrogen and oxygen atoms in total. The summed E-state index contributed by atoms with van der Waals surface area (Å²) in [6.45, 7) is 0. The molecule has 0 bridgehead atoms. The molecule has 2 rings (SSSR count). The zero-order valence-electron chi connectivity index (χ0n) is 8.59. The van der Waals surface area contributed by atoms with E-state index in [9.17, 15) is 4.79 Å². The van der Waals surface area contributed by atoms with Crippen LogP contribution in [0.2, 0.25) is 5.02 Å². The molecule has 0 amide bonds. The Labute approximate surface area is 101 Å². The Balaban J connectivity index is 2.51. The molecule has 3 N–H and O–H groups in total. The number of hydrogen-bond acceptors (Lipinski definition) is 5. The van der Waals surface area contributed by atoms with Gasteiger partial charge in [0.2, 0.25) is 0 Å². The maximum atomic E-state index is 11.4. The molecule has 0 saturated heterocycles. The van der Waals surface area contributed by atoms with Crippen LogP contribution in [0, 0.1) is 0 Å². The van der Waals surface area contributed by atoms with Gasteiger partial charge in [0.1, 0.15) is 10.8 Å². The number of halogens is 1. The molecule has 7 heteroatoms. The van der Waals surface area contributed by atoms with Crippen LogP contribution in [0.4, 0.5) is 0 Å². The molecule has 2 aromatic heterocycles. The van der Waals surface area contributed by atoms with Crippen LogP contribution in [0.5, 0.6) is 0 Å². The van der Waals surface area contributed by atoms with Crippen molar-refractivity contribution >= 4 is 17.2 Å². The van der Waals surface area contributed by atoms with Gasteiger partial charge in [-0.1, -0.05) is 11.6 Å². The van der Waals surface area contributed by atoms with Gasteiger partial charge in [-0.15, -0.1) is 0 Å². The SMILES string of the molecule is NC=C(c1cnccn1)c1ncc(Cl)c(=O)[nH]1. The third-order valence-electron chi connectivity index (χ3n) is 2.02. The average Bonchev–Trinajstić information content (AvgIpc) is 2.36. The van der Waals surface area contributed by atoms with E-state index in [0.29, 0.717) is 17.1 Å². The highest BCUT2D eigenvalue weighted by Gasteiger charge is 2.09. The van der Waals surface area contributed by atoms with Crippen LogP contribution in [0.1, 0.15) is 11.5 Å². The molecule has 0 aliphatic carbocycles. The minimum atomic E-state index is -0.431. The van der Waals surface area contributed by atoms with Crippen molar-refractivity contribution in [3.8, 4) is 0 Å². The Bertz CT molecular complexity index is 608. The lowest BCUT2D eigenvalue weighted by atomic mass is 10.2. The molecule has 2 aromatic rings. The van der Waals surface area contributed by atoms with Crippen LogP contribution >= 0.6 is 11.6 Å². The summed E-state index contributed by atoms with van der Waals surface area (Å²) in [6, 6.07) is 0. The van der Waals surface area contributed by atoms with Crippen LogP contribution in [0.25, 0.3) is 5.57 Å². The Morgan fingerprint density at radius 2 is 2.18 bits per heavy atom. The number of aromatic amines is 1. The van der Waals surface area contributed by atoms with Crippen molar-refractivity contribution in [3.63, 3.8) is 0 Å². The molecular formula is C10H8ClN5O. The predicted octanol–water partition coefficient (Wildman–Crippen LogP) is 0.561. The Hall–Kier alpha value is -2.21. The zero-order chi connectivity index (χ0) is 12.3. The maximum absolute atomic E-state index is 11.4. The van der Waals surface area contributed by atoms with Gasteiger partial charge >= 0.3 is 0 Å². The standard InChI is InChI=1S/C10H8ClN5O/c11-7-4-15-9(16-10(7)17)6(3-12)8-5-13-1-2-14-8/h1-5H,12H2,(H,15,16,17). The van der Waals surface area contributed by atoms with Gasteiger partial charge < -0.3 is 10.7 Å². The van der Waals surface area contributed by atoms with E-state index in [2.05, 4.69) is 19.9 Å². The number of rotatable bonds is 2. The highest BCUT2D eigenvalue weighted by molar-refractivity contribution is 6.30. The van der Waals surface area contributed by atoms with E-state index in [-0.39, 0.29) is 5.02 Å². The summed E-state index contributed by atoms with van der Waals surface area (Å²) in [6.07, 6.45) is 7.14. The number of H-pyrrole nitrogens is 1. The van der Waals surface area contributed by atoms with Crippen LogP contribution in [0.15, 0.2) is 35.8 Å². The van der Waals surface area contributed by atoms with Crippen molar-refractivity contribution in [3.05, 3.63) is 57.9 Å². The second-order valence-corrected chi connectivity index (χ2v) is 3.49. The summed E-state index contributed by atoms with van der Waals surface area (Å²) < 4.78 is 0. The summed E-state index contributed by atoms with van der Waals surface area (Å²) in [7, 11) is 0. The first-order valence-electron chi connectivity index (χ1n) is 4.66. The number of nitrogens with two attached hydrogens (primary N) is 1. The van der Waals surface area contributed by atoms with Crippen molar-refractivity contribution in [2.75, 3.05) is 0 Å². The van der Waals surface area contributed by atoms with Crippen molar-refractivity contribution < 1.29 is 0 Å². The Kier molecular flexibility index (Phi) is 3.15. The minimum absolute atomic E-state index is 0.0178. The van der Waals surface area contributed by atoms with Crippen molar-refractivity contribution in [1.82, 2.24) is 19.9 Å². The molecule has 0 fully saturated rings. The summed E-state index contributed by atoms with van der Waals surface area (Å²) in [5.41, 5.74) is 6.06. The largest absolute Gasteiger partial charge is 0.404 e. The summed E-state index contributed by atoms with van der Waals surface area (Å²) in [4.78, 5) is 25.8. The average molecular weight is 250 g/mol. The summed E-state index contributed by atoms with van der Waals surface area (Å²) >= 11 is 5.59. The molecule has 0 atom stereocenters. The monoisotopic (exact) mass is 249 g/mol. The second kappa shape index (κ2) is 4.75. The van der Waals surface area contributed by atoms with E-state index in [1.54, 1.807) is 0 Å². The quantitative estimate of drug-likeness (QED) is 0.811. The maximum Gasteiger partial charge on any atom is 0.269 e. The van der Waals surface area contributed by atoms with Gasteiger partial charge in [-0.3, -0.25) is 14.8 Å². The van der Waals surface area contributed by atoms with Gasteiger partial charge in [0.25, 0.3) is 5.56 Å². The fourth-order valence-corrected chi connectivity index (χ4v) is 1.34. The van der Waals surface area contributed by atoms with E-state index >= 15 is 0 Å². The first kappa shape index (κ1) is 11.3. The lowest BCUT2D eigenvalue weighted by Gasteiger charge is -2.04. The van der Waals surface area contributed by atoms with Gasteiger partial charge in [0.15, 0.2) is 0 Å². The third kappa shape index (κ3) is 2.31. The number of hydrogen-bond donors (Lipinski definition) is 2. The number of aromatic nitrogens is 4. The third-order valence-corrected chi connectivity index (χ3v) is 2.29. The molecule has 0 saturated carbocycles. The molecule has 0 aliphatic rings. The van der Waals surface area contributed by atoms with E-state index in [0.717, 1.165) is 0 Å². The van der Waals surface area contributed by atoms with E-state index < -0.39 is 5.56 Å². The van der Waals surface area contributed by atoms with Gasteiger partial charge in [-0.2, -0.15) is 0 Å². The van der Waals surface area contributed by atoms with Crippen LogP contribution in [-0.2, 0) is 0 Å². The molecule has 0 aliphatic heterocycles. The number of nitrogens with zero attached hydrogens (tertiary/aromatic N) is 3. The molecule has 0 spiro atoms. The molecule has 0 radical (unpaired) electrons. The lowest BCUT2D eigenvalue weighted by molar-refractivity contribution is 1.06. The Morgan fingerprint density at radius 3 is 2.76 bits per heavy atom. The van der Waals surface area contributed by atoms with Gasteiger partial charge in [-0.05, 0) is 0 Å². The topological polar surface area (TPSA) is 97.5 Å². The second-order valence-electron chi connectivity index (χ2n) is 3.08. The van der Waals surface area contributed by atoms with Crippen LogP contribution in [0.3, 0.4) is 0 Å². The molecule has 2 heterocycles. The minimum Gasteiger partial charge on any atom is -0.404 e. The molecular weight excluding hydrogens is 242 g/mol. The number of nitrogens with one attached hydrogen (secondary N) is 1. The van der Waals surface area contributed by atoms with E-state index in [1.165, 1.54) is 31.0 Å². The van der Waals surface area contributed by atoms with Crippen molar-refractivity contribution in [2.24, 2.45) is 5.73 Å². The molecule has 0 unspecified atom stereocenters. The molecule has 86 valence electrons. The molecule has 0 aromatic carbocycles. The van der Waals surface area contributed by atoms with E-state index in [1.807, 2.05) is 0 Å². The van der Waals surface area contributed by atoms with Crippen LogP contribution in [-0.4, -0.2) is 19.9 Å². The normalized spacial score (nSPS) is 11.5. The van der Waals surface area contributed by atoms with Crippen molar-refractivity contribution in [1.29, 1.82) is 0 Å². The lowest BCUT2D eigenvalue weighted by Crippen LogP contribution is -2.12. The van der Waals surface area contributed by atoms with Gasteiger partial charge in [0.05, 0.1) is 23.7 Å². The van der Waals surface area contributed by atoms with Gasteiger partial charge in [-0.25, -0.2) is 4.98 Å². The fraction of sp³-hybridized carbons (Fsp3) is 0. The first-order valence-corrected chi connectivity index (χ1v) is 5.03. The highest BCUT2D eigenvalue weighted by Crippen LogP contribution is 2.15. The highest BCUT2D eigenvalue weighted by atomic mass is 35.5. The predicted molar refractivity (Wildman–Crippen MR) is 63.2 cm³/mol. The fourth-order valence-electron chi connectivity index (χ4n) is 1.24. The summed E-state index contributed by atoms with van der Waals surface area (Å²) in [5, 5.41) is 0.0178. The molecule has 17 heavy (non-hydrogen) atoms. The van der Waals surface area contributed by atoms with Gasteiger partial charge in [0, 0.05) is 18.6 Å². The zero-order valence-corrected chi connectivity index (χ0v) is 9.35. The first-order chi connectivity index (χ1) is 8.22. The Morgan fingerprint density at radius 1 is 1.35 bits per heavy atom.